The van der Waals surface area contributed by atoms with E-state index in [9.17, 15) is 9.59 Å². The second-order valence-electron chi connectivity index (χ2n) is 4.02. The molecule has 0 aromatic carbocycles. The van der Waals surface area contributed by atoms with Crippen molar-refractivity contribution in [3.05, 3.63) is 0 Å². The molecule has 0 aliphatic heterocycles. The monoisotopic (exact) mass is 395 g/mol. The molecule has 0 rings (SSSR count). The topological polar surface area (TPSA) is 94.8 Å². The standard InChI is InChI=1S/C8H13NO3.C7H13BrO3/c1-2-12-8(10)7-11-6-4-3-5-9;1-2-11-7(9)6-10-5-3-4-8/h2-4,6-7H2,1H3;2-6H2,1H3. The molecule has 0 fully saturated rings. The maximum absolute atomic E-state index is 10.7. The number of nitriles is 1. The molecule has 0 radical (unpaired) electrons. The highest BCUT2D eigenvalue weighted by Gasteiger charge is 2.00. The molecular weight excluding hydrogens is 370 g/mol. The molecule has 0 heterocycles. The van der Waals surface area contributed by atoms with Crippen molar-refractivity contribution in [2.45, 2.75) is 33.1 Å². The van der Waals surface area contributed by atoms with Crippen molar-refractivity contribution >= 4 is 27.9 Å². The third-order valence-electron chi connectivity index (χ3n) is 2.05. The van der Waals surface area contributed by atoms with Gasteiger partial charge >= 0.3 is 11.9 Å². The van der Waals surface area contributed by atoms with Crippen molar-refractivity contribution in [2.24, 2.45) is 0 Å². The molecule has 0 unspecified atom stereocenters. The first-order valence-corrected chi connectivity index (χ1v) is 8.64. The van der Waals surface area contributed by atoms with Crippen LogP contribution in [0.25, 0.3) is 0 Å². The molecule has 0 aliphatic carbocycles. The van der Waals surface area contributed by atoms with Gasteiger partial charge in [0, 0.05) is 25.0 Å². The first-order chi connectivity index (χ1) is 11.1. The van der Waals surface area contributed by atoms with Gasteiger partial charge in [0.1, 0.15) is 13.2 Å². The lowest BCUT2D eigenvalue weighted by molar-refractivity contribution is -0.149. The minimum atomic E-state index is -0.352. The van der Waals surface area contributed by atoms with E-state index in [-0.39, 0.29) is 25.2 Å². The molecule has 0 aromatic heterocycles. The van der Waals surface area contributed by atoms with Crippen LogP contribution in [0.2, 0.25) is 0 Å². The number of hydrogen-bond acceptors (Lipinski definition) is 7. The van der Waals surface area contributed by atoms with E-state index in [4.69, 9.17) is 14.7 Å². The van der Waals surface area contributed by atoms with Crippen molar-refractivity contribution in [1.29, 1.82) is 5.26 Å². The predicted octanol–water partition coefficient (Wildman–Crippen LogP) is 2.22. The number of rotatable bonds is 12. The van der Waals surface area contributed by atoms with Gasteiger partial charge < -0.3 is 18.9 Å². The smallest absolute Gasteiger partial charge is 0.332 e. The van der Waals surface area contributed by atoms with E-state index >= 15 is 0 Å². The quantitative estimate of drug-likeness (QED) is 0.284. The Kier molecular flexibility index (Phi) is 21.8. The predicted molar refractivity (Wildman–Crippen MR) is 88.2 cm³/mol. The van der Waals surface area contributed by atoms with Gasteiger partial charge in [-0.25, -0.2) is 9.59 Å². The van der Waals surface area contributed by atoms with Gasteiger partial charge in [0.05, 0.1) is 19.3 Å². The van der Waals surface area contributed by atoms with Crippen LogP contribution >= 0.6 is 15.9 Å². The van der Waals surface area contributed by atoms with E-state index in [1.54, 1.807) is 13.8 Å². The Morgan fingerprint density at radius 3 is 1.83 bits per heavy atom. The molecule has 0 saturated carbocycles. The molecule has 7 nitrogen and oxygen atoms in total. The summed E-state index contributed by atoms with van der Waals surface area (Å²) < 4.78 is 19.2. The number of unbranched alkanes of at least 4 members (excludes halogenated alkanes) is 1. The average Bonchev–Trinajstić information content (AvgIpc) is 2.53. The van der Waals surface area contributed by atoms with E-state index in [1.165, 1.54) is 0 Å². The van der Waals surface area contributed by atoms with Gasteiger partial charge in [-0.2, -0.15) is 5.26 Å². The Bertz CT molecular complexity index is 332. The number of carbonyl (C=O) groups is 2. The first-order valence-electron chi connectivity index (χ1n) is 7.51. The lowest BCUT2D eigenvalue weighted by Gasteiger charge is -2.01. The van der Waals surface area contributed by atoms with Crippen molar-refractivity contribution in [3.8, 4) is 6.07 Å². The molecular formula is C15H26BrNO6. The Balaban J connectivity index is 0. The number of halogens is 1. The highest BCUT2D eigenvalue weighted by Crippen LogP contribution is 1.89. The van der Waals surface area contributed by atoms with E-state index < -0.39 is 0 Å². The summed E-state index contributed by atoms with van der Waals surface area (Å²) in [5.74, 6) is -0.642. The number of nitrogens with zero attached hydrogens (tertiary/aromatic N) is 1. The number of ether oxygens (including phenoxy) is 4. The van der Waals surface area contributed by atoms with E-state index in [0.29, 0.717) is 39.3 Å². The Hall–Kier alpha value is -1.17. The average molecular weight is 396 g/mol. The highest BCUT2D eigenvalue weighted by molar-refractivity contribution is 9.09. The Labute approximate surface area is 146 Å². The van der Waals surface area contributed by atoms with E-state index in [0.717, 1.165) is 11.8 Å². The van der Waals surface area contributed by atoms with Crippen LogP contribution < -0.4 is 0 Å². The minimum Gasteiger partial charge on any atom is -0.464 e. The summed E-state index contributed by atoms with van der Waals surface area (Å²) in [6.45, 7) is 5.40. The van der Waals surface area contributed by atoms with Gasteiger partial charge in [-0.1, -0.05) is 15.9 Å². The zero-order chi connectivity index (χ0) is 17.8. The molecule has 0 saturated heterocycles. The summed E-state index contributed by atoms with van der Waals surface area (Å²) in [6.07, 6.45) is 2.04. The van der Waals surface area contributed by atoms with Crippen LogP contribution in [-0.2, 0) is 28.5 Å². The maximum atomic E-state index is 10.7. The summed E-state index contributed by atoms with van der Waals surface area (Å²) >= 11 is 3.25. The van der Waals surface area contributed by atoms with Gasteiger partial charge in [0.15, 0.2) is 0 Å². The van der Waals surface area contributed by atoms with Crippen molar-refractivity contribution in [2.75, 3.05) is 45.0 Å². The highest BCUT2D eigenvalue weighted by atomic mass is 79.9. The van der Waals surface area contributed by atoms with Gasteiger partial charge in [-0.05, 0) is 26.7 Å². The fourth-order valence-electron chi connectivity index (χ4n) is 1.13. The van der Waals surface area contributed by atoms with Gasteiger partial charge in [-0.15, -0.1) is 0 Å². The largest absolute Gasteiger partial charge is 0.464 e. The van der Waals surface area contributed by atoms with Crippen LogP contribution in [0.4, 0.5) is 0 Å². The van der Waals surface area contributed by atoms with E-state index in [1.807, 2.05) is 6.07 Å². The molecule has 0 aliphatic rings. The third-order valence-corrected chi connectivity index (χ3v) is 2.61. The summed E-state index contributed by atoms with van der Waals surface area (Å²) in [6, 6.07) is 1.98. The van der Waals surface area contributed by atoms with Crippen LogP contribution in [0.15, 0.2) is 0 Å². The molecule has 0 N–H and O–H groups in total. The number of hydrogen-bond donors (Lipinski definition) is 0. The Morgan fingerprint density at radius 1 is 0.957 bits per heavy atom. The van der Waals surface area contributed by atoms with E-state index in [2.05, 4.69) is 25.4 Å². The number of alkyl halides is 1. The summed E-state index contributed by atoms with van der Waals surface area (Å²) in [5.41, 5.74) is 0. The van der Waals surface area contributed by atoms with Crippen LogP contribution in [0.1, 0.15) is 33.1 Å². The molecule has 0 bridgehead atoms. The molecule has 0 aromatic rings. The molecule has 0 atom stereocenters. The third kappa shape index (κ3) is 23.2. The zero-order valence-corrected chi connectivity index (χ0v) is 15.4. The summed E-state index contributed by atoms with van der Waals surface area (Å²) in [7, 11) is 0. The van der Waals surface area contributed by atoms with Crippen molar-refractivity contribution in [1.82, 2.24) is 0 Å². The number of esters is 2. The molecule has 134 valence electrons. The Morgan fingerprint density at radius 2 is 1.43 bits per heavy atom. The molecule has 0 spiro atoms. The normalized spacial score (nSPS) is 9.30. The molecule has 0 amide bonds. The summed E-state index contributed by atoms with van der Waals surface area (Å²) in [5, 5.41) is 9.06. The molecule has 8 heteroatoms. The van der Waals surface area contributed by atoms with Gasteiger partial charge in [0.2, 0.25) is 0 Å². The van der Waals surface area contributed by atoms with Crippen molar-refractivity contribution in [3.63, 3.8) is 0 Å². The second kappa shape index (κ2) is 20.8. The zero-order valence-electron chi connectivity index (χ0n) is 13.8. The fraction of sp³-hybridized carbons (Fsp3) is 0.800. The van der Waals surface area contributed by atoms with Gasteiger partial charge in [0.25, 0.3) is 0 Å². The number of carbonyl (C=O) groups excluding carboxylic acids is 2. The van der Waals surface area contributed by atoms with Crippen molar-refractivity contribution < 1.29 is 28.5 Å². The fourth-order valence-corrected chi connectivity index (χ4v) is 1.36. The van der Waals surface area contributed by atoms with Crippen LogP contribution in [-0.4, -0.2) is 56.9 Å². The van der Waals surface area contributed by atoms with Crippen LogP contribution in [0.3, 0.4) is 0 Å². The minimum absolute atomic E-state index is 0.0146. The lowest BCUT2D eigenvalue weighted by atomic mass is 10.3. The summed E-state index contributed by atoms with van der Waals surface area (Å²) in [4.78, 5) is 21.3. The van der Waals surface area contributed by atoms with Crippen LogP contribution in [0.5, 0.6) is 0 Å². The van der Waals surface area contributed by atoms with Gasteiger partial charge in [-0.3, -0.25) is 0 Å². The second-order valence-corrected chi connectivity index (χ2v) is 4.81. The first kappa shape index (κ1) is 24.1. The maximum Gasteiger partial charge on any atom is 0.332 e. The molecule has 23 heavy (non-hydrogen) atoms. The SMILES string of the molecule is CCOC(=O)COCCCBr.CCOC(=O)COCCCC#N. The van der Waals surface area contributed by atoms with Crippen LogP contribution in [0, 0.1) is 11.3 Å². The lowest BCUT2D eigenvalue weighted by Crippen LogP contribution is -2.12.